The van der Waals surface area contributed by atoms with Crippen molar-refractivity contribution >= 4 is 22.8 Å². The van der Waals surface area contributed by atoms with E-state index in [-0.39, 0.29) is 18.6 Å². The Kier molecular flexibility index (Phi) is 3.16. The highest BCUT2D eigenvalue weighted by molar-refractivity contribution is 5.85. The molecule has 0 radical (unpaired) electrons. The predicted octanol–water partition coefficient (Wildman–Crippen LogP) is 1.18. The van der Waals surface area contributed by atoms with Gasteiger partial charge in [0.05, 0.1) is 18.2 Å². The molecule has 6 heteroatoms. The van der Waals surface area contributed by atoms with Gasteiger partial charge in [-0.3, -0.25) is 4.98 Å². The number of nitrogen functional groups attached to an aromatic ring is 1. The van der Waals surface area contributed by atoms with Crippen molar-refractivity contribution in [2.24, 2.45) is 5.92 Å². The van der Waals surface area contributed by atoms with Crippen LogP contribution in [0.5, 0.6) is 0 Å². The lowest BCUT2D eigenvalue weighted by Crippen LogP contribution is -2.25. The molecule has 1 atom stereocenters. The molecule has 1 saturated carbocycles. The van der Waals surface area contributed by atoms with Gasteiger partial charge in [-0.1, -0.05) is 12.8 Å². The number of aliphatic hydroxyl groups excluding tert-OH is 1. The van der Waals surface area contributed by atoms with E-state index >= 15 is 0 Å². The smallest absolute Gasteiger partial charge is 0.222 e. The third-order valence-corrected chi connectivity index (χ3v) is 3.35. The van der Waals surface area contributed by atoms with Gasteiger partial charge in [0, 0.05) is 6.20 Å². The molecule has 1 aliphatic carbocycles. The predicted molar refractivity (Wildman–Crippen MR) is 73.6 cm³/mol. The lowest BCUT2D eigenvalue weighted by Gasteiger charge is -2.17. The number of aromatic nitrogens is 3. The molecule has 2 aromatic heterocycles. The maximum Gasteiger partial charge on any atom is 0.222 e. The Labute approximate surface area is 111 Å². The zero-order valence-electron chi connectivity index (χ0n) is 10.6. The lowest BCUT2D eigenvalue weighted by molar-refractivity contribution is 0.265. The normalized spacial score (nSPS) is 16.5. The molecule has 1 fully saturated rings. The van der Waals surface area contributed by atoms with Crippen molar-refractivity contribution in [3.05, 3.63) is 18.3 Å². The summed E-state index contributed by atoms with van der Waals surface area (Å²) in [5.41, 5.74) is 7.10. The van der Waals surface area contributed by atoms with Crippen LogP contribution in [-0.4, -0.2) is 32.7 Å². The van der Waals surface area contributed by atoms with Crippen LogP contribution in [0.3, 0.4) is 0 Å². The molecule has 0 aliphatic heterocycles. The van der Waals surface area contributed by atoms with E-state index in [1.807, 2.05) is 12.1 Å². The second-order valence-corrected chi connectivity index (χ2v) is 5.00. The highest BCUT2D eigenvalue weighted by Crippen LogP contribution is 2.34. The van der Waals surface area contributed by atoms with Crippen molar-refractivity contribution < 1.29 is 5.11 Å². The van der Waals surface area contributed by atoms with E-state index in [1.165, 1.54) is 12.8 Å². The molecular weight excluding hydrogens is 242 g/mol. The number of hydrogen-bond acceptors (Lipinski definition) is 6. The van der Waals surface area contributed by atoms with Crippen LogP contribution in [0.1, 0.15) is 19.3 Å². The summed E-state index contributed by atoms with van der Waals surface area (Å²) in [7, 11) is 0. The summed E-state index contributed by atoms with van der Waals surface area (Å²) in [6, 6.07) is 3.65. The summed E-state index contributed by atoms with van der Waals surface area (Å²) in [6.45, 7) is 0.0781. The molecule has 0 aromatic carbocycles. The van der Waals surface area contributed by atoms with Gasteiger partial charge in [0.25, 0.3) is 0 Å². The van der Waals surface area contributed by atoms with Crippen molar-refractivity contribution in [2.75, 3.05) is 17.7 Å². The molecule has 100 valence electrons. The number of fused-ring (bicyclic) bond motifs is 1. The fourth-order valence-corrected chi connectivity index (χ4v) is 2.21. The SMILES string of the molecule is Nc1nc(N[C@H](CO)CC2CC2)c2ncccc2n1. The first kappa shape index (κ1) is 12.1. The van der Waals surface area contributed by atoms with Crippen LogP contribution in [0.2, 0.25) is 0 Å². The maximum absolute atomic E-state index is 9.45. The van der Waals surface area contributed by atoms with E-state index in [9.17, 15) is 5.11 Å². The average Bonchev–Trinajstić information content (AvgIpc) is 3.21. The Morgan fingerprint density at radius 2 is 2.26 bits per heavy atom. The van der Waals surface area contributed by atoms with Gasteiger partial charge >= 0.3 is 0 Å². The summed E-state index contributed by atoms with van der Waals surface area (Å²) in [5, 5.41) is 12.7. The number of rotatable bonds is 5. The molecule has 2 aromatic rings. The highest BCUT2D eigenvalue weighted by Gasteiger charge is 2.25. The number of nitrogens with zero attached hydrogens (tertiary/aromatic N) is 3. The maximum atomic E-state index is 9.45. The molecule has 4 N–H and O–H groups in total. The van der Waals surface area contributed by atoms with E-state index in [0.717, 1.165) is 12.3 Å². The van der Waals surface area contributed by atoms with Crippen LogP contribution in [-0.2, 0) is 0 Å². The third-order valence-electron chi connectivity index (χ3n) is 3.35. The first-order valence-corrected chi connectivity index (χ1v) is 6.52. The van der Waals surface area contributed by atoms with Crippen LogP contribution in [0.25, 0.3) is 11.0 Å². The first-order chi connectivity index (χ1) is 9.26. The topological polar surface area (TPSA) is 97.0 Å². The molecule has 0 unspecified atom stereocenters. The number of pyridine rings is 1. The summed E-state index contributed by atoms with van der Waals surface area (Å²) < 4.78 is 0. The van der Waals surface area contributed by atoms with E-state index in [4.69, 9.17) is 5.73 Å². The first-order valence-electron chi connectivity index (χ1n) is 6.52. The Hall–Kier alpha value is -1.95. The lowest BCUT2D eigenvalue weighted by atomic mass is 10.1. The van der Waals surface area contributed by atoms with E-state index < -0.39 is 0 Å². The molecule has 6 nitrogen and oxygen atoms in total. The van der Waals surface area contributed by atoms with Crippen molar-refractivity contribution in [1.29, 1.82) is 0 Å². The van der Waals surface area contributed by atoms with Crippen LogP contribution >= 0.6 is 0 Å². The van der Waals surface area contributed by atoms with Crippen LogP contribution in [0.4, 0.5) is 11.8 Å². The van der Waals surface area contributed by atoms with Crippen molar-refractivity contribution in [1.82, 2.24) is 15.0 Å². The molecule has 0 amide bonds. The molecule has 1 aliphatic rings. The van der Waals surface area contributed by atoms with Gasteiger partial charge in [0.15, 0.2) is 5.82 Å². The quantitative estimate of drug-likeness (QED) is 0.746. The zero-order chi connectivity index (χ0) is 13.2. The van der Waals surface area contributed by atoms with Crippen molar-refractivity contribution in [3.8, 4) is 0 Å². The molecule has 0 spiro atoms. The Bertz CT molecular complexity index is 584. The number of nitrogens with one attached hydrogen (secondary N) is 1. The largest absolute Gasteiger partial charge is 0.394 e. The van der Waals surface area contributed by atoms with Crippen molar-refractivity contribution in [2.45, 2.75) is 25.3 Å². The minimum atomic E-state index is -0.00740. The second-order valence-electron chi connectivity index (χ2n) is 5.00. The molecule has 2 heterocycles. The van der Waals surface area contributed by atoms with Gasteiger partial charge in [0.2, 0.25) is 5.95 Å². The Morgan fingerprint density at radius 3 is 3.00 bits per heavy atom. The summed E-state index contributed by atoms with van der Waals surface area (Å²) in [4.78, 5) is 12.6. The highest BCUT2D eigenvalue weighted by atomic mass is 16.3. The number of anilines is 2. The fourth-order valence-electron chi connectivity index (χ4n) is 2.21. The van der Waals surface area contributed by atoms with Gasteiger partial charge in [-0.25, -0.2) is 4.98 Å². The van der Waals surface area contributed by atoms with E-state index in [2.05, 4.69) is 20.3 Å². The minimum absolute atomic E-state index is 0.00740. The standard InChI is InChI=1S/C13H17N5O/c14-13-17-10-2-1-5-15-11(10)12(18-13)16-9(7-19)6-8-3-4-8/h1-2,5,8-9,19H,3-4,6-7H2,(H3,14,16,17,18)/t9-/m0/s1. The van der Waals surface area contributed by atoms with E-state index in [1.54, 1.807) is 6.20 Å². The van der Waals surface area contributed by atoms with Gasteiger partial charge in [-0.15, -0.1) is 0 Å². The second kappa shape index (κ2) is 4.97. The molecular formula is C13H17N5O. The summed E-state index contributed by atoms with van der Waals surface area (Å²) in [5.74, 6) is 1.54. The molecule has 3 rings (SSSR count). The monoisotopic (exact) mass is 259 g/mol. The van der Waals surface area contributed by atoms with Gasteiger partial charge in [-0.2, -0.15) is 4.98 Å². The molecule has 19 heavy (non-hydrogen) atoms. The minimum Gasteiger partial charge on any atom is -0.394 e. The van der Waals surface area contributed by atoms with Crippen LogP contribution < -0.4 is 11.1 Å². The van der Waals surface area contributed by atoms with Crippen LogP contribution in [0, 0.1) is 5.92 Å². The van der Waals surface area contributed by atoms with Gasteiger partial charge in [-0.05, 0) is 24.5 Å². The summed E-state index contributed by atoms with van der Waals surface area (Å²) >= 11 is 0. The number of hydrogen-bond donors (Lipinski definition) is 3. The summed E-state index contributed by atoms with van der Waals surface area (Å²) in [6.07, 6.45) is 5.16. The van der Waals surface area contributed by atoms with Crippen molar-refractivity contribution in [3.63, 3.8) is 0 Å². The van der Waals surface area contributed by atoms with Gasteiger partial charge < -0.3 is 16.2 Å². The number of aliphatic hydroxyl groups is 1. The molecule has 0 saturated heterocycles. The van der Waals surface area contributed by atoms with Gasteiger partial charge in [0.1, 0.15) is 5.52 Å². The van der Waals surface area contributed by atoms with E-state index in [0.29, 0.717) is 16.9 Å². The zero-order valence-corrected chi connectivity index (χ0v) is 10.6. The molecule has 0 bridgehead atoms. The third kappa shape index (κ3) is 2.73. The fraction of sp³-hybridized carbons (Fsp3) is 0.462. The van der Waals surface area contributed by atoms with Crippen LogP contribution in [0.15, 0.2) is 18.3 Å². The average molecular weight is 259 g/mol. The Morgan fingerprint density at radius 1 is 1.42 bits per heavy atom. The Balaban J connectivity index is 1.89. The number of nitrogens with two attached hydrogens (primary N) is 1.